The molecule has 0 aromatic rings. The van der Waals surface area contributed by atoms with E-state index in [0.717, 1.165) is 6.42 Å². The van der Waals surface area contributed by atoms with Crippen molar-refractivity contribution in [2.45, 2.75) is 32.2 Å². The summed E-state index contributed by atoms with van der Waals surface area (Å²) in [6.45, 7) is 1.91. The molecule has 0 spiro atoms. The Balaban J connectivity index is 2.26. The first-order chi connectivity index (χ1) is 8.33. The van der Waals surface area contributed by atoms with Crippen LogP contribution in [0.5, 0.6) is 0 Å². The summed E-state index contributed by atoms with van der Waals surface area (Å²) in [5, 5.41) is 9.13. The van der Waals surface area contributed by atoms with Crippen LogP contribution in [-0.2, 0) is 4.74 Å². The van der Waals surface area contributed by atoms with E-state index in [-0.39, 0.29) is 6.10 Å². The molecule has 2 nitrogen and oxygen atoms in total. The molecule has 0 saturated carbocycles. The summed E-state index contributed by atoms with van der Waals surface area (Å²) in [4.78, 5) is 0. The Morgan fingerprint density at radius 3 is 2.53 bits per heavy atom. The fourth-order valence-electron chi connectivity index (χ4n) is 1.32. The zero-order chi connectivity index (χ0) is 12.3. The minimum absolute atomic E-state index is 0.0251. The summed E-state index contributed by atoms with van der Waals surface area (Å²) >= 11 is 0. The van der Waals surface area contributed by atoms with Crippen LogP contribution in [0.2, 0.25) is 0 Å². The molecule has 88 valence electrons. The number of hydrogen-bond donors (Lipinski definition) is 1. The smallest absolute Gasteiger partial charge is 0.155 e. The van der Waals surface area contributed by atoms with Gasteiger partial charge in [-0.2, -0.15) is 0 Å². The lowest BCUT2D eigenvalue weighted by molar-refractivity contribution is -0.0777. The van der Waals surface area contributed by atoms with Gasteiger partial charge in [0.25, 0.3) is 0 Å². The van der Waals surface area contributed by atoms with E-state index >= 15 is 0 Å². The van der Waals surface area contributed by atoms with Crippen LogP contribution in [0.25, 0.3) is 0 Å². The van der Waals surface area contributed by atoms with Crippen molar-refractivity contribution in [2.75, 3.05) is 0 Å². The highest BCUT2D eigenvalue weighted by Crippen LogP contribution is 2.18. The Hall–Kier alpha value is -1.74. The topological polar surface area (TPSA) is 29.5 Å². The van der Waals surface area contributed by atoms with Crippen LogP contribution in [0.4, 0.5) is 0 Å². The maximum atomic E-state index is 9.13. The molecule has 1 aliphatic rings. The van der Waals surface area contributed by atoms with Gasteiger partial charge in [0, 0.05) is 6.42 Å². The van der Waals surface area contributed by atoms with Crippen LogP contribution in [0, 0.1) is 23.7 Å². The number of allylic oxidation sites excluding steroid dienone is 5. The van der Waals surface area contributed by atoms with E-state index in [0.29, 0.717) is 6.42 Å². The molecule has 0 bridgehead atoms. The van der Waals surface area contributed by atoms with Crippen LogP contribution < -0.4 is 0 Å². The van der Waals surface area contributed by atoms with Gasteiger partial charge in [-0.25, -0.2) is 0 Å². The summed E-state index contributed by atoms with van der Waals surface area (Å²) in [5.41, 5.74) is 0. The van der Waals surface area contributed by atoms with Gasteiger partial charge in [0.15, 0.2) is 6.29 Å². The summed E-state index contributed by atoms with van der Waals surface area (Å²) in [7, 11) is 0. The van der Waals surface area contributed by atoms with Gasteiger partial charge in [-0.3, -0.25) is 0 Å². The third-order valence-electron chi connectivity index (χ3n) is 2.10. The highest BCUT2D eigenvalue weighted by Gasteiger charge is 2.19. The molecule has 1 heterocycles. The minimum Gasteiger partial charge on any atom is -0.368 e. The molecule has 1 saturated heterocycles. The van der Waals surface area contributed by atoms with Crippen molar-refractivity contribution in [3.8, 4) is 23.7 Å². The lowest BCUT2D eigenvalue weighted by Crippen LogP contribution is -2.06. The molecule has 0 aliphatic carbocycles. The van der Waals surface area contributed by atoms with Crippen LogP contribution >= 0.6 is 0 Å². The van der Waals surface area contributed by atoms with Crippen molar-refractivity contribution >= 4 is 0 Å². The molecule has 2 heteroatoms. The maximum Gasteiger partial charge on any atom is 0.155 e. The largest absolute Gasteiger partial charge is 0.368 e. The summed E-state index contributed by atoms with van der Waals surface area (Å²) < 4.78 is 5.20. The summed E-state index contributed by atoms with van der Waals surface area (Å²) in [6.07, 6.45) is 12.0. The fourth-order valence-corrected chi connectivity index (χ4v) is 1.32. The predicted octanol–water partition coefficient (Wildman–Crippen LogP) is 2.18. The van der Waals surface area contributed by atoms with Crippen LogP contribution in [0.3, 0.4) is 0 Å². The molecule has 1 aliphatic heterocycles. The zero-order valence-electron chi connectivity index (χ0n) is 9.89. The first-order valence-electron chi connectivity index (χ1n) is 5.62. The van der Waals surface area contributed by atoms with Crippen LogP contribution in [0.1, 0.15) is 19.8 Å². The number of aliphatic hydroxyl groups is 1. The average molecular weight is 228 g/mol. The molecular formula is C15H16O2. The second kappa shape index (κ2) is 8.42. The Morgan fingerprint density at radius 2 is 1.88 bits per heavy atom. The number of ether oxygens (including phenoxy) is 1. The number of aliphatic hydroxyl groups excluding tert-OH is 1. The maximum absolute atomic E-state index is 9.13. The molecule has 17 heavy (non-hydrogen) atoms. The highest BCUT2D eigenvalue weighted by molar-refractivity contribution is 5.34. The zero-order valence-corrected chi connectivity index (χ0v) is 9.89. The lowest BCUT2D eigenvalue weighted by Gasteiger charge is -2.02. The van der Waals surface area contributed by atoms with E-state index in [1.165, 1.54) is 0 Å². The van der Waals surface area contributed by atoms with Gasteiger partial charge >= 0.3 is 0 Å². The molecule has 1 fully saturated rings. The van der Waals surface area contributed by atoms with Gasteiger partial charge in [-0.1, -0.05) is 36.1 Å². The van der Waals surface area contributed by atoms with Crippen molar-refractivity contribution in [3.05, 3.63) is 36.5 Å². The molecule has 1 N–H and O–H groups in total. The van der Waals surface area contributed by atoms with E-state index in [1.807, 2.05) is 31.2 Å². The minimum atomic E-state index is -0.602. The van der Waals surface area contributed by atoms with E-state index < -0.39 is 6.29 Å². The number of hydrogen-bond acceptors (Lipinski definition) is 2. The van der Waals surface area contributed by atoms with Gasteiger partial charge < -0.3 is 9.84 Å². The SMILES string of the molecule is CC=CC#CC#CC=CC=CC1CCC(O)O1. The van der Waals surface area contributed by atoms with Gasteiger partial charge in [0.2, 0.25) is 0 Å². The van der Waals surface area contributed by atoms with Crippen molar-refractivity contribution < 1.29 is 9.84 Å². The first-order valence-corrected chi connectivity index (χ1v) is 5.62. The van der Waals surface area contributed by atoms with Crippen LogP contribution in [0.15, 0.2) is 36.5 Å². The number of rotatable bonds is 2. The van der Waals surface area contributed by atoms with Gasteiger partial charge in [-0.15, -0.1) is 0 Å². The lowest BCUT2D eigenvalue weighted by atomic mass is 10.2. The van der Waals surface area contributed by atoms with Crippen molar-refractivity contribution in [1.82, 2.24) is 0 Å². The van der Waals surface area contributed by atoms with E-state index in [9.17, 15) is 0 Å². The van der Waals surface area contributed by atoms with E-state index in [4.69, 9.17) is 9.84 Å². The second-order valence-electron chi connectivity index (χ2n) is 3.49. The molecule has 2 atom stereocenters. The fraction of sp³-hybridized carbons (Fsp3) is 0.333. The molecule has 0 aromatic carbocycles. The van der Waals surface area contributed by atoms with E-state index in [1.54, 1.807) is 12.2 Å². The average Bonchev–Trinajstić information content (AvgIpc) is 2.73. The van der Waals surface area contributed by atoms with Crippen LogP contribution in [-0.4, -0.2) is 17.5 Å². The van der Waals surface area contributed by atoms with Gasteiger partial charge in [-0.05, 0) is 37.3 Å². The molecular weight excluding hydrogens is 212 g/mol. The van der Waals surface area contributed by atoms with Gasteiger partial charge in [0.1, 0.15) is 0 Å². The Morgan fingerprint density at radius 1 is 1.12 bits per heavy atom. The second-order valence-corrected chi connectivity index (χ2v) is 3.49. The molecule has 0 aromatic heterocycles. The van der Waals surface area contributed by atoms with Crippen molar-refractivity contribution in [3.63, 3.8) is 0 Å². The van der Waals surface area contributed by atoms with Gasteiger partial charge in [0.05, 0.1) is 6.10 Å². The molecule has 0 amide bonds. The normalized spacial score (nSPS) is 23.9. The summed E-state index contributed by atoms with van der Waals surface area (Å²) in [5.74, 6) is 11.0. The van der Waals surface area contributed by atoms with Crippen molar-refractivity contribution in [1.29, 1.82) is 0 Å². The standard InChI is InChI=1S/C15H16O2/c1-2-3-4-5-6-7-8-9-10-11-14-12-13-15(16)17-14/h2-3,8-11,14-16H,12-13H2,1H3. The highest BCUT2D eigenvalue weighted by atomic mass is 16.6. The molecule has 2 unspecified atom stereocenters. The summed E-state index contributed by atoms with van der Waals surface area (Å²) in [6, 6.07) is 0. The van der Waals surface area contributed by atoms with E-state index in [2.05, 4.69) is 23.7 Å². The third kappa shape index (κ3) is 6.43. The monoisotopic (exact) mass is 228 g/mol. The third-order valence-corrected chi connectivity index (χ3v) is 2.10. The Bertz CT molecular complexity index is 421. The Labute approximate surface area is 103 Å². The molecule has 1 rings (SSSR count). The predicted molar refractivity (Wildman–Crippen MR) is 68.8 cm³/mol. The Kier molecular flexibility index (Phi) is 6.60. The van der Waals surface area contributed by atoms with Crippen molar-refractivity contribution in [2.24, 2.45) is 0 Å². The first kappa shape index (κ1) is 13.3. The quantitative estimate of drug-likeness (QED) is 0.580. The molecule has 0 radical (unpaired) electrons.